The second kappa shape index (κ2) is 10.4. The van der Waals surface area contributed by atoms with E-state index in [1.54, 1.807) is 7.11 Å². The SMILES string of the molecule is COc1cc(C(=O)N2CC3CCC2[C@@H]3N)cc2nc(-c3cc4ccc(-c5ccc(CC(=O)O)cc5)nc4n3CC3CC3)n(C)c12. The van der Waals surface area contributed by atoms with Gasteiger partial charge in [0.05, 0.1) is 30.4 Å². The van der Waals surface area contributed by atoms with Gasteiger partial charge in [0.1, 0.15) is 16.9 Å². The lowest BCUT2D eigenvalue weighted by Crippen LogP contribution is -2.41. The molecule has 0 spiro atoms. The number of pyridine rings is 1. The van der Waals surface area contributed by atoms with Crippen LogP contribution >= 0.6 is 0 Å². The Kier molecular flexibility index (Phi) is 6.46. The van der Waals surface area contributed by atoms with Gasteiger partial charge in [0.2, 0.25) is 0 Å². The number of piperidine rings is 1. The maximum absolute atomic E-state index is 13.7. The van der Waals surface area contributed by atoms with Gasteiger partial charge in [-0.1, -0.05) is 24.3 Å². The van der Waals surface area contributed by atoms with Crippen molar-refractivity contribution in [1.29, 1.82) is 0 Å². The lowest BCUT2D eigenvalue weighted by molar-refractivity contribution is -0.136. The Morgan fingerprint density at radius 3 is 2.49 bits per heavy atom. The van der Waals surface area contributed by atoms with Gasteiger partial charge in [0, 0.05) is 48.7 Å². The van der Waals surface area contributed by atoms with Crippen LogP contribution in [0.5, 0.6) is 5.75 Å². The molecular weight excluding hydrogens is 568 g/mol. The van der Waals surface area contributed by atoms with Crippen molar-refractivity contribution in [3.05, 3.63) is 65.7 Å². The second-order valence-electron chi connectivity index (χ2n) is 12.9. The number of nitrogens with zero attached hydrogens (tertiary/aromatic N) is 5. The van der Waals surface area contributed by atoms with Crippen LogP contribution in [-0.4, -0.2) is 66.7 Å². The molecule has 2 bridgehead atoms. The summed E-state index contributed by atoms with van der Waals surface area (Å²) < 4.78 is 10.2. The Labute approximate surface area is 260 Å². The first-order chi connectivity index (χ1) is 21.8. The fourth-order valence-electron chi connectivity index (χ4n) is 7.45. The summed E-state index contributed by atoms with van der Waals surface area (Å²) in [6.45, 7) is 1.55. The maximum atomic E-state index is 13.7. The van der Waals surface area contributed by atoms with Crippen LogP contribution in [0.2, 0.25) is 0 Å². The summed E-state index contributed by atoms with van der Waals surface area (Å²) in [6.07, 6.45) is 4.42. The zero-order chi connectivity index (χ0) is 31.0. The van der Waals surface area contributed by atoms with Crippen molar-refractivity contribution in [2.75, 3.05) is 13.7 Å². The van der Waals surface area contributed by atoms with Crippen LogP contribution in [0.4, 0.5) is 0 Å². The quantitative estimate of drug-likeness (QED) is 0.259. The summed E-state index contributed by atoms with van der Waals surface area (Å²) in [5.74, 6) is 1.51. The Balaban J connectivity index is 1.20. The highest BCUT2D eigenvalue weighted by Gasteiger charge is 2.47. The summed E-state index contributed by atoms with van der Waals surface area (Å²) in [4.78, 5) is 37.0. The highest BCUT2D eigenvalue weighted by atomic mass is 16.5. The normalized spacial score (nSPS) is 20.9. The summed E-state index contributed by atoms with van der Waals surface area (Å²) in [5, 5.41) is 10.2. The van der Waals surface area contributed by atoms with E-state index in [1.165, 1.54) is 12.8 Å². The zero-order valence-electron chi connectivity index (χ0n) is 25.4. The molecule has 10 nitrogen and oxygen atoms in total. The topological polar surface area (TPSA) is 129 Å². The molecule has 2 aliphatic carbocycles. The average molecular weight is 605 g/mol. The van der Waals surface area contributed by atoms with Crippen molar-refractivity contribution in [2.24, 2.45) is 24.6 Å². The number of carbonyl (C=O) groups is 2. The molecule has 5 aromatic rings. The van der Waals surface area contributed by atoms with Crippen molar-refractivity contribution in [3.63, 3.8) is 0 Å². The van der Waals surface area contributed by atoms with E-state index in [4.69, 9.17) is 25.5 Å². The number of fused-ring (bicyclic) bond motifs is 4. The molecule has 2 unspecified atom stereocenters. The Morgan fingerprint density at radius 2 is 1.82 bits per heavy atom. The number of nitrogens with two attached hydrogens (primary N) is 1. The zero-order valence-corrected chi connectivity index (χ0v) is 25.4. The molecule has 3 N–H and O–H groups in total. The van der Waals surface area contributed by atoms with Crippen molar-refractivity contribution in [1.82, 2.24) is 24.0 Å². The molecule has 0 radical (unpaired) electrons. The van der Waals surface area contributed by atoms with Crippen molar-refractivity contribution in [3.8, 4) is 28.5 Å². The molecular formula is C35H36N6O4. The number of imidazole rings is 1. The van der Waals surface area contributed by atoms with E-state index in [2.05, 4.69) is 21.3 Å². The van der Waals surface area contributed by atoms with Crippen molar-refractivity contribution >= 4 is 33.9 Å². The molecule has 230 valence electrons. The maximum Gasteiger partial charge on any atom is 0.307 e. The standard InChI is InChI=1S/C35H36N6O4/c1-39-32-26(14-24(16-29(32)45-2)35(44)41-18-23-10-12-27(41)31(23)36)38-34(39)28-15-22-9-11-25(37-33(22)40(28)17-20-3-4-20)21-7-5-19(6-8-21)13-30(42)43/h5-9,11,14-16,20,23,27,31H,3-4,10,12-13,17-18,36H2,1-2H3,(H,42,43)/t23?,27?,31-/m1/s1. The van der Waals surface area contributed by atoms with Gasteiger partial charge < -0.3 is 29.6 Å². The molecule has 1 aliphatic heterocycles. The number of rotatable bonds is 8. The molecule has 8 rings (SSSR count). The monoisotopic (exact) mass is 604 g/mol. The van der Waals surface area contributed by atoms with Crippen LogP contribution in [0.15, 0.2) is 54.6 Å². The molecule has 4 heterocycles. The van der Waals surface area contributed by atoms with Gasteiger partial charge in [-0.05, 0) is 73.4 Å². The minimum atomic E-state index is -0.849. The molecule has 3 aliphatic rings. The third kappa shape index (κ3) is 4.66. The number of hydrogen-bond acceptors (Lipinski definition) is 6. The van der Waals surface area contributed by atoms with E-state index in [-0.39, 0.29) is 24.4 Å². The number of ether oxygens (including phenoxy) is 1. The number of hydrogen-bond donors (Lipinski definition) is 2. The summed E-state index contributed by atoms with van der Waals surface area (Å²) in [5.41, 5.74) is 12.9. The lowest BCUT2D eigenvalue weighted by atomic mass is 10.1. The minimum Gasteiger partial charge on any atom is -0.494 e. The number of carbonyl (C=O) groups excluding carboxylic acids is 1. The third-order valence-corrected chi connectivity index (χ3v) is 10.0. The van der Waals surface area contributed by atoms with Crippen molar-refractivity contribution < 1.29 is 19.4 Å². The van der Waals surface area contributed by atoms with Crippen LogP contribution in [0.3, 0.4) is 0 Å². The summed E-state index contributed by atoms with van der Waals surface area (Å²) in [6, 6.07) is 17.7. The number of carboxylic acid groups (broad SMARTS) is 1. The molecule has 3 aromatic heterocycles. The molecule has 2 saturated carbocycles. The predicted molar refractivity (Wildman–Crippen MR) is 171 cm³/mol. The van der Waals surface area contributed by atoms with Crippen LogP contribution in [0.25, 0.3) is 44.8 Å². The van der Waals surface area contributed by atoms with E-state index in [9.17, 15) is 9.59 Å². The van der Waals surface area contributed by atoms with Gasteiger partial charge in [-0.3, -0.25) is 9.59 Å². The Morgan fingerprint density at radius 1 is 1.02 bits per heavy atom. The van der Waals surface area contributed by atoms with E-state index in [0.717, 1.165) is 64.3 Å². The smallest absolute Gasteiger partial charge is 0.307 e. The molecule has 2 aromatic carbocycles. The number of aromatic nitrogens is 4. The predicted octanol–water partition coefficient (Wildman–Crippen LogP) is 4.86. The first-order valence-electron chi connectivity index (χ1n) is 15.7. The third-order valence-electron chi connectivity index (χ3n) is 10.0. The van der Waals surface area contributed by atoms with Crippen LogP contribution in [-0.2, 0) is 24.8 Å². The second-order valence-corrected chi connectivity index (χ2v) is 12.9. The first kappa shape index (κ1) is 27.8. The van der Waals surface area contributed by atoms with Gasteiger partial charge in [0.25, 0.3) is 5.91 Å². The van der Waals surface area contributed by atoms with E-state index in [0.29, 0.717) is 35.2 Å². The lowest BCUT2D eigenvalue weighted by Gasteiger charge is -2.27. The number of aryl methyl sites for hydroxylation is 1. The number of aliphatic carboxylic acids is 1. The van der Waals surface area contributed by atoms with Gasteiger partial charge in [-0.25, -0.2) is 9.97 Å². The highest BCUT2D eigenvalue weighted by molar-refractivity contribution is 6.00. The molecule has 1 saturated heterocycles. The van der Waals surface area contributed by atoms with E-state index < -0.39 is 5.97 Å². The van der Waals surface area contributed by atoms with Crippen LogP contribution < -0.4 is 10.5 Å². The molecule has 10 heteroatoms. The fourth-order valence-corrected chi connectivity index (χ4v) is 7.45. The largest absolute Gasteiger partial charge is 0.494 e. The van der Waals surface area contributed by atoms with E-state index >= 15 is 0 Å². The first-order valence-corrected chi connectivity index (χ1v) is 15.7. The number of methoxy groups -OCH3 is 1. The average Bonchev–Trinajstić information content (AvgIpc) is 3.44. The Hall–Kier alpha value is -4.70. The molecule has 3 fully saturated rings. The number of likely N-dealkylation sites (tertiary alicyclic amines) is 1. The van der Waals surface area contributed by atoms with Gasteiger partial charge >= 0.3 is 5.97 Å². The fraction of sp³-hybridized carbons (Fsp3) is 0.371. The van der Waals surface area contributed by atoms with Gasteiger partial charge in [-0.2, -0.15) is 0 Å². The highest BCUT2D eigenvalue weighted by Crippen LogP contribution is 2.40. The van der Waals surface area contributed by atoms with Crippen LogP contribution in [0, 0.1) is 11.8 Å². The summed E-state index contributed by atoms with van der Waals surface area (Å²) >= 11 is 0. The number of amides is 1. The molecule has 45 heavy (non-hydrogen) atoms. The van der Waals surface area contributed by atoms with Gasteiger partial charge in [0.15, 0.2) is 5.82 Å². The van der Waals surface area contributed by atoms with Gasteiger partial charge in [-0.15, -0.1) is 0 Å². The number of carboxylic acids is 1. The van der Waals surface area contributed by atoms with Crippen LogP contribution in [0.1, 0.15) is 41.6 Å². The molecule has 1 amide bonds. The number of benzene rings is 2. The summed E-state index contributed by atoms with van der Waals surface area (Å²) in [7, 11) is 3.62. The minimum absolute atomic E-state index is 0.00773. The molecule has 3 atom stereocenters. The van der Waals surface area contributed by atoms with E-state index in [1.807, 2.05) is 54.4 Å². The Bertz CT molecular complexity index is 1990. The van der Waals surface area contributed by atoms with Crippen molar-refractivity contribution in [2.45, 2.75) is 50.7 Å².